The van der Waals surface area contributed by atoms with Crippen molar-refractivity contribution in [2.24, 2.45) is 0 Å². The number of nitrogens with one attached hydrogen (secondary N) is 2. The van der Waals surface area contributed by atoms with E-state index in [-0.39, 0.29) is 24.3 Å². The number of hydrogen-bond acceptors (Lipinski definition) is 4. The summed E-state index contributed by atoms with van der Waals surface area (Å²) in [6.45, 7) is 13.9. The zero-order valence-electron chi connectivity index (χ0n) is 25.5. The number of amides is 3. The van der Waals surface area contributed by atoms with Gasteiger partial charge in [0.05, 0.1) is 0 Å². The first kappa shape index (κ1) is 32.9. The van der Waals surface area contributed by atoms with Crippen molar-refractivity contribution >= 4 is 17.9 Å². The number of carbonyl (C=O) groups is 3. The van der Waals surface area contributed by atoms with Crippen LogP contribution in [0.2, 0.25) is 0 Å². The highest BCUT2D eigenvalue weighted by molar-refractivity contribution is 5.92. The number of alkyl carbamates (subject to hydrolysis) is 1. The Labute approximate surface area is 241 Å². The zero-order chi connectivity index (χ0) is 29.7. The maximum atomic E-state index is 14.4. The molecule has 2 N–H and O–H groups in total. The van der Waals surface area contributed by atoms with Crippen molar-refractivity contribution in [3.63, 3.8) is 0 Å². The quantitative estimate of drug-likeness (QED) is 0.286. The number of rotatable bonds is 14. The lowest BCUT2D eigenvalue weighted by Crippen LogP contribution is -2.54. The molecule has 0 aliphatic carbocycles. The first-order valence-electron chi connectivity index (χ1n) is 14.7. The van der Waals surface area contributed by atoms with Gasteiger partial charge in [-0.15, -0.1) is 0 Å². The molecule has 0 aliphatic rings. The molecule has 2 rings (SSSR count). The van der Waals surface area contributed by atoms with E-state index < -0.39 is 23.8 Å². The second-order valence-electron chi connectivity index (χ2n) is 11.5. The highest BCUT2D eigenvalue weighted by Crippen LogP contribution is 2.25. The molecule has 3 unspecified atom stereocenters. The van der Waals surface area contributed by atoms with Gasteiger partial charge < -0.3 is 20.3 Å². The molecule has 2 aromatic rings. The summed E-state index contributed by atoms with van der Waals surface area (Å²) < 4.78 is 5.51. The second kappa shape index (κ2) is 16.0. The standard InChI is InChI=1S/C33H49N3O4/c1-8-11-22-36(29(30(37)34-24(4)15-9-2)27-20-18-25(10-3)19-21-27)31(38)28(23-26-16-13-12-14-17-26)35-32(39)40-33(5,6)7/h12-14,16-21,24,28-29H,8-11,15,22-23H2,1-7H3,(H,34,37)(H,35,39). The SMILES string of the molecule is CCCCN(C(=O)C(Cc1ccccc1)NC(=O)OC(C)(C)C)C(C(=O)NC(C)CCC)c1ccc(CC)cc1. The summed E-state index contributed by atoms with van der Waals surface area (Å²) in [5, 5.41) is 5.95. The molecule has 7 nitrogen and oxygen atoms in total. The molecule has 0 fully saturated rings. The maximum absolute atomic E-state index is 14.4. The van der Waals surface area contributed by atoms with E-state index in [1.807, 2.05) is 61.5 Å². The molecular weight excluding hydrogens is 502 g/mol. The average Bonchev–Trinajstić information content (AvgIpc) is 2.90. The van der Waals surface area contributed by atoms with Crippen LogP contribution in [0.3, 0.4) is 0 Å². The molecule has 40 heavy (non-hydrogen) atoms. The third kappa shape index (κ3) is 10.7. The predicted octanol–water partition coefficient (Wildman–Crippen LogP) is 6.36. The fourth-order valence-corrected chi connectivity index (χ4v) is 4.63. The van der Waals surface area contributed by atoms with Crippen molar-refractivity contribution in [2.45, 2.75) is 111 Å². The van der Waals surface area contributed by atoms with E-state index in [1.165, 1.54) is 0 Å². The fraction of sp³-hybridized carbons (Fsp3) is 0.545. The predicted molar refractivity (Wildman–Crippen MR) is 161 cm³/mol. The van der Waals surface area contributed by atoms with Crippen LogP contribution in [0.15, 0.2) is 54.6 Å². The van der Waals surface area contributed by atoms with Gasteiger partial charge in [-0.3, -0.25) is 9.59 Å². The number of unbranched alkanes of at least 4 members (excludes halogenated alkanes) is 1. The first-order valence-corrected chi connectivity index (χ1v) is 14.7. The minimum atomic E-state index is -0.910. The highest BCUT2D eigenvalue weighted by atomic mass is 16.6. The van der Waals surface area contributed by atoms with Crippen LogP contribution >= 0.6 is 0 Å². The molecule has 2 aromatic carbocycles. The van der Waals surface area contributed by atoms with Crippen LogP contribution in [0.25, 0.3) is 0 Å². The normalized spacial score (nSPS) is 13.6. The third-order valence-electron chi connectivity index (χ3n) is 6.68. The second-order valence-corrected chi connectivity index (χ2v) is 11.5. The van der Waals surface area contributed by atoms with Gasteiger partial charge >= 0.3 is 6.09 Å². The van der Waals surface area contributed by atoms with Gasteiger partial charge in [0, 0.05) is 19.0 Å². The van der Waals surface area contributed by atoms with Gasteiger partial charge in [0.2, 0.25) is 11.8 Å². The number of aryl methyl sites for hydroxylation is 1. The van der Waals surface area contributed by atoms with Crippen LogP contribution in [0.1, 0.15) is 96.9 Å². The van der Waals surface area contributed by atoms with Crippen LogP contribution in [-0.4, -0.2) is 47.0 Å². The summed E-state index contributed by atoms with van der Waals surface area (Å²) in [7, 11) is 0. The molecule has 0 aliphatic heterocycles. The lowest BCUT2D eigenvalue weighted by atomic mass is 9.98. The Bertz CT molecular complexity index is 1060. The summed E-state index contributed by atoms with van der Waals surface area (Å²) in [6.07, 6.45) is 3.84. The van der Waals surface area contributed by atoms with E-state index in [0.29, 0.717) is 6.54 Å². The Kier molecular flexibility index (Phi) is 13.2. The molecule has 3 atom stereocenters. The molecular formula is C33H49N3O4. The summed E-state index contributed by atoms with van der Waals surface area (Å²) in [4.78, 5) is 42.8. The lowest BCUT2D eigenvalue weighted by molar-refractivity contribution is -0.142. The van der Waals surface area contributed by atoms with Crippen molar-refractivity contribution in [3.05, 3.63) is 71.3 Å². The van der Waals surface area contributed by atoms with Crippen LogP contribution < -0.4 is 10.6 Å². The Morgan fingerprint density at radius 2 is 1.52 bits per heavy atom. The van der Waals surface area contributed by atoms with Gasteiger partial charge in [0.15, 0.2) is 0 Å². The third-order valence-corrected chi connectivity index (χ3v) is 6.68. The number of ether oxygens (including phenoxy) is 1. The van der Waals surface area contributed by atoms with Gasteiger partial charge in [-0.25, -0.2) is 4.79 Å². The molecule has 0 heterocycles. The summed E-state index contributed by atoms with van der Waals surface area (Å²) in [6, 6.07) is 15.7. The van der Waals surface area contributed by atoms with Gasteiger partial charge in [0.25, 0.3) is 0 Å². The topological polar surface area (TPSA) is 87.7 Å². The Morgan fingerprint density at radius 1 is 0.875 bits per heavy atom. The number of nitrogens with zero attached hydrogens (tertiary/aromatic N) is 1. The van der Waals surface area contributed by atoms with Crippen molar-refractivity contribution in [1.82, 2.24) is 15.5 Å². The molecule has 220 valence electrons. The van der Waals surface area contributed by atoms with Crippen LogP contribution in [0, 0.1) is 0 Å². The van der Waals surface area contributed by atoms with E-state index in [1.54, 1.807) is 25.7 Å². The van der Waals surface area contributed by atoms with Crippen molar-refractivity contribution in [2.75, 3.05) is 6.54 Å². The summed E-state index contributed by atoms with van der Waals surface area (Å²) >= 11 is 0. The molecule has 0 saturated carbocycles. The van der Waals surface area contributed by atoms with Gasteiger partial charge in [0.1, 0.15) is 17.7 Å². The molecule has 0 spiro atoms. The first-order chi connectivity index (χ1) is 19.0. The van der Waals surface area contributed by atoms with E-state index >= 15 is 0 Å². The molecule has 0 bridgehead atoms. The molecule has 7 heteroatoms. The zero-order valence-corrected chi connectivity index (χ0v) is 25.5. The average molecular weight is 552 g/mol. The van der Waals surface area contributed by atoms with Gasteiger partial charge in [-0.05, 0) is 63.6 Å². The molecule has 3 amide bonds. The van der Waals surface area contributed by atoms with E-state index in [0.717, 1.165) is 48.8 Å². The largest absolute Gasteiger partial charge is 0.444 e. The van der Waals surface area contributed by atoms with Crippen molar-refractivity contribution in [1.29, 1.82) is 0 Å². The van der Waals surface area contributed by atoms with Crippen molar-refractivity contribution in [3.8, 4) is 0 Å². The minimum absolute atomic E-state index is 0.0296. The van der Waals surface area contributed by atoms with Gasteiger partial charge in [-0.1, -0.05) is 88.2 Å². The number of hydrogen-bond donors (Lipinski definition) is 2. The molecule has 0 saturated heterocycles. The number of carbonyl (C=O) groups excluding carboxylic acids is 3. The van der Waals surface area contributed by atoms with E-state index in [4.69, 9.17) is 4.74 Å². The fourth-order valence-electron chi connectivity index (χ4n) is 4.63. The number of benzene rings is 2. The Hall–Kier alpha value is -3.35. The smallest absolute Gasteiger partial charge is 0.408 e. The van der Waals surface area contributed by atoms with Crippen molar-refractivity contribution < 1.29 is 19.1 Å². The van der Waals surface area contributed by atoms with Crippen LogP contribution in [-0.2, 0) is 27.2 Å². The Balaban J connectivity index is 2.54. The minimum Gasteiger partial charge on any atom is -0.444 e. The maximum Gasteiger partial charge on any atom is 0.408 e. The summed E-state index contributed by atoms with van der Waals surface area (Å²) in [5.74, 6) is -0.531. The lowest BCUT2D eigenvalue weighted by Gasteiger charge is -2.35. The van der Waals surface area contributed by atoms with E-state index in [2.05, 4.69) is 31.4 Å². The van der Waals surface area contributed by atoms with E-state index in [9.17, 15) is 14.4 Å². The monoisotopic (exact) mass is 551 g/mol. The highest BCUT2D eigenvalue weighted by Gasteiger charge is 2.36. The van der Waals surface area contributed by atoms with Gasteiger partial charge in [-0.2, -0.15) is 0 Å². The Morgan fingerprint density at radius 3 is 2.08 bits per heavy atom. The van der Waals surface area contributed by atoms with Crippen LogP contribution in [0.5, 0.6) is 0 Å². The summed E-state index contributed by atoms with van der Waals surface area (Å²) in [5.41, 5.74) is 2.09. The molecule has 0 aromatic heterocycles. The molecule has 0 radical (unpaired) electrons. The van der Waals surface area contributed by atoms with Crippen LogP contribution in [0.4, 0.5) is 4.79 Å².